The molecule has 2 aliphatic rings. The van der Waals surface area contributed by atoms with Crippen molar-refractivity contribution in [2.75, 3.05) is 39.3 Å². The summed E-state index contributed by atoms with van der Waals surface area (Å²) < 4.78 is 12.9. The first kappa shape index (κ1) is 14.0. The van der Waals surface area contributed by atoms with Gasteiger partial charge in [0.15, 0.2) is 0 Å². The summed E-state index contributed by atoms with van der Waals surface area (Å²) in [5, 5.41) is 3.09. The Hall–Kier alpha value is -1.95. The molecule has 112 valence electrons. The Morgan fingerprint density at radius 1 is 1.00 bits per heavy atom. The second-order valence-electron chi connectivity index (χ2n) is 5.48. The summed E-state index contributed by atoms with van der Waals surface area (Å²) in [4.78, 5) is 27.9. The van der Waals surface area contributed by atoms with Crippen LogP contribution in [0.25, 0.3) is 0 Å². The third kappa shape index (κ3) is 2.90. The van der Waals surface area contributed by atoms with Crippen LogP contribution in [-0.4, -0.2) is 60.9 Å². The van der Waals surface area contributed by atoms with Gasteiger partial charge in [0.25, 0.3) is 5.91 Å². The molecule has 2 fully saturated rings. The van der Waals surface area contributed by atoms with E-state index in [2.05, 4.69) is 5.32 Å². The average Bonchev–Trinajstić information content (AvgIpc) is 2.46. The molecule has 0 unspecified atom stereocenters. The molecular formula is C15H18FN3O2. The van der Waals surface area contributed by atoms with Gasteiger partial charge in [-0.25, -0.2) is 4.39 Å². The standard InChI is InChI=1S/C15H18FN3O2/c16-13-3-1-11(2-4-13)14(20)18-5-7-19(8-6-18)15(21)12-9-17-10-12/h1-4,12,17H,5-10H2. The van der Waals surface area contributed by atoms with E-state index < -0.39 is 0 Å². The topological polar surface area (TPSA) is 52.7 Å². The summed E-state index contributed by atoms with van der Waals surface area (Å²) in [5.74, 6) is -0.171. The van der Waals surface area contributed by atoms with Crippen LogP contribution in [0.5, 0.6) is 0 Å². The van der Waals surface area contributed by atoms with E-state index in [-0.39, 0.29) is 23.5 Å². The molecule has 2 heterocycles. The maximum atomic E-state index is 12.9. The Kier molecular flexibility index (Phi) is 3.88. The van der Waals surface area contributed by atoms with Gasteiger partial charge in [0.05, 0.1) is 5.92 Å². The van der Waals surface area contributed by atoms with Crippen LogP contribution in [0, 0.1) is 11.7 Å². The van der Waals surface area contributed by atoms with E-state index in [1.165, 1.54) is 24.3 Å². The lowest BCUT2D eigenvalue weighted by Gasteiger charge is -2.38. The van der Waals surface area contributed by atoms with Crippen LogP contribution in [0.4, 0.5) is 4.39 Å². The second kappa shape index (κ2) is 5.81. The lowest BCUT2D eigenvalue weighted by Crippen LogP contribution is -2.57. The maximum Gasteiger partial charge on any atom is 0.253 e. The Bertz CT molecular complexity index is 534. The Balaban J connectivity index is 1.56. The molecule has 2 saturated heterocycles. The first-order valence-corrected chi connectivity index (χ1v) is 7.19. The fourth-order valence-electron chi connectivity index (χ4n) is 2.63. The Labute approximate surface area is 122 Å². The molecule has 2 aliphatic heterocycles. The highest BCUT2D eigenvalue weighted by Gasteiger charge is 2.32. The normalized spacial score (nSPS) is 19.3. The number of amides is 2. The van der Waals surface area contributed by atoms with Crippen molar-refractivity contribution in [1.82, 2.24) is 15.1 Å². The summed E-state index contributed by atoms with van der Waals surface area (Å²) in [7, 11) is 0. The summed E-state index contributed by atoms with van der Waals surface area (Å²) in [6, 6.07) is 5.57. The van der Waals surface area contributed by atoms with Gasteiger partial charge in [-0.05, 0) is 24.3 Å². The summed E-state index contributed by atoms with van der Waals surface area (Å²) >= 11 is 0. The first-order valence-electron chi connectivity index (χ1n) is 7.19. The van der Waals surface area contributed by atoms with Crippen molar-refractivity contribution in [3.63, 3.8) is 0 Å². The molecule has 1 aromatic rings. The molecule has 0 aliphatic carbocycles. The predicted octanol–water partition coefficient (Wildman–Crippen LogP) is 0.330. The number of benzene rings is 1. The molecule has 0 bridgehead atoms. The minimum atomic E-state index is -0.351. The number of nitrogens with one attached hydrogen (secondary N) is 1. The average molecular weight is 291 g/mol. The fourth-order valence-corrected chi connectivity index (χ4v) is 2.63. The van der Waals surface area contributed by atoms with Gasteiger partial charge >= 0.3 is 0 Å². The monoisotopic (exact) mass is 291 g/mol. The van der Waals surface area contributed by atoms with Gasteiger partial charge in [0.1, 0.15) is 5.82 Å². The van der Waals surface area contributed by atoms with Crippen molar-refractivity contribution in [3.8, 4) is 0 Å². The second-order valence-corrected chi connectivity index (χ2v) is 5.48. The quantitative estimate of drug-likeness (QED) is 0.854. The minimum Gasteiger partial charge on any atom is -0.339 e. The molecule has 5 nitrogen and oxygen atoms in total. The molecule has 0 radical (unpaired) electrons. The predicted molar refractivity (Wildman–Crippen MR) is 75.2 cm³/mol. The SMILES string of the molecule is O=C(c1ccc(F)cc1)N1CCN(C(=O)C2CNC2)CC1. The van der Waals surface area contributed by atoms with Gasteiger partial charge in [-0.15, -0.1) is 0 Å². The number of halogens is 1. The summed E-state index contributed by atoms with van der Waals surface area (Å²) in [5.41, 5.74) is 0.486. The third-order valence-electron chi connectivity index (χ3n) is 4.10. The van der Waals surface area contributed by atoms with Crippen LogP contribution in [0.1, 0.15) is 10.4 Å². The van der Waals surface area contributed by atoms with Crippen molar-refractivity contribution >= 4 is 11.8 Å². The molecular weight excluding hydrogens is 273 g/mol. The molecule has 2 amide bonds. The number of carbonyl (C=O) groups excluding carboxylic acids is 2. The van der Waals surface area contributed by atoms with Crippen LogP contribution in [-0.2, 0) is 4.79 Å². The van der Waals surface area contributed by atoms with Crippen LogP contribution >= 0.6 is 0 Å². The highest BCUT2D eigenvalue weighted by atomic mass is 19.1. The number of hydrogen-bond acceptors (Lipinski definition) is 3. The van der Waals surface area contributed by atoms with Gasteiger partial charge in [-0.3, -0.25) is 9.59 Å². The van der Waals surface area contributed by atoms with E-state index in [4.69, 9.17) is 0 Å². The van der Waals surface area contributed by atoms with E-state index in [9.17, 15) is 14.0 Å². The van der Waals surface area contributed by atoms with Gasteiger partial charge in [-0.2, -0.15) is 0 Å². The van der Waals surface area contributed by atoms with E-state index in [0.29, 0.717) is 31.7 Å². The van der Waals surface area contributed by atoms with Crippen molar-refractivity contribution in [2.45, 2.75) is 0 Å². The van der Waals surface area contributed by atoms with Crippen molar-refractivity contribution in [3.05, 3.63) is 35.6 Å². The lowest BCUT2D eigenvalue weighted by atomic mass is 10.0. The Morgan fingerprint density at radius 3 is 2.10 bits per heavy atom. The summed E-state index contributed by atoms with van der Waals surface area (Å²) in [6.45, 7) is 3.72. The molecule has 1 N–H and O–H groups in total. The molecule has 0 saturated carbocycles. The molecule has 1 aromatic carbocycles. The maximum absolute atomic E-state index is 12.9. The zero-order valence-electron chi connectivity index (χ0n) is 11.7. The molecule has 3 rings (SSSR count). The number of carbonyl (C=O) groups is 2. The largest absolute Gasteiger partial charge is 0.339 e. The first-order chi connectivity index (χ1) is 10.1. The van der Waals surface area contributed by atoms with Gasteiger partial charge in [0.2, 0.25) is 5.91 Å². The molecule has 0 atom stereocenters. The van der Waals surface area contributed by atoms with Crippen LogP contribution in [0.2, 0.25) is 0 Å². The van der Waals surface area contributed by atoms with Crippen molar-refractivity contribution in [1.29, 1.82) is 0 Å². The molecule has 0 aromatic heterocycles. The zero-order chi connectivity index (χ0) is 14.8. The number of piperazine rings is 1. The summed E-state index contributed by atoms with van der Waals surface area (Å²) in [6.07, 6.45) is 0. The van der Waals surface area contributed by atoms with Gasteiger partial charge < -0.3 is 15.1 Å². The minimum absolute atomic E-state index is 0.101. The number of hydrogen-bond donors (Lipinski definition) is 1. The molecule has 0 spiro atoms. The van der Waals surface area contributed by atoms with E-state index in [1.54, 1.807) is 4.90 Å². The smallest absolute Gasteiger partial charge is 0.253 e. The van der Waals surface area contributed by atoms with Crippen LogP contribution in [0.3, 0.4) is 0 Å². The lowest BCUT2D eigenvalue weighted by molar-refractivity contribution is -0.138. The van der Waals surface area contributed by atoms with Gasteiger partial charge in [-0.1, -0.05) is 0 Å². The Morgan fingerprint density at radius 2 is 1.57 bits per heavy atom. The van der Waals surface area contributed by atoms with E-state index >= 15 is 0 Å². The number of nitrogens with zero attached hydrogens (tertiary/aromatic N) is 2. The molecule has 6 heteroatoms. The van der Waals surface area contributed by atoms with Crippen LogP contribution in [0.15, 0.2) is 24.3 Å². The van der Waals surface area contributed by atoms with E-state index in [0.717, 1.165) is 13.1 Å². The van der Waals surface area contributed by atoms with Crippen molar-refractivity contribution < 1.29 is 14.0 Å². The highest BCUT2D eigenvalue weighted by Crippen LogP contribution is 2.13. The van der Waals surface area contributed by atoms with E-state index in [1.807, 2.05) is 4.90 Å². The third-order valence-corrected chi connectivity index (χ3v) is 4.10. The van der Waals surface area contributed by atoms with Gasteiger partial charge in [0, 0.05) is 44.8 Å². The fraction of sp³-hybridized carbons (Fsp3) is 0.467. The number of rotatable bonds is 2. The molecule has 21 heavy (non-hydrogen) atoms. The zero-order valence-corrected chi connectivity index (χ0v) is 11.7. The van der Waals surface area contributed by atoms with Crippen molar-refractivity contribution in [2.24, 2.45) is 5.92 Å². The highest BCUT2D eigenvalue weighted by molar-refractivity contribution is 5.94. The van der Waals surface area contributed by atoms with Crippen LogP contribution < -0.4 is 5.32 Å².